The summed E-state index contributed by atoms with van der Waals surface area (Å²) in [5.74, 6) is -0.207. The third-order valence-electron chi connectivity index (χ3n) is 5.06. The van der Waals surface area contributed by atoms with Crippen molar-refractivity contribution in [3.05, 3.63) is 65.9 Å². The molecule has 0 bridgehead atoms. The Kier molecular flexibility index (Phi) is 5.79. The van der Waals surface area contributed by atoms with Gasteiger partial charge in [0.15, 0.2) is 6.61 Å². The Balaban J connectivity index is 1.46. The number of para-hydroxylation sites is 2. The molecule has 1 aromatic heterocycles. The zero-order valence-corrected chi connectivity index (χ0v) is 16.1. The van der Waals surface area contributed by atoms with Crippen LogP contribution in [0.1, 0.15) is 41.8 Å². The van der Waals surface area contributed by atoms with Crippen LogP contribution in [0, 0.1) is 0 Å². The standard InChI is InChI=1S/C23H23NO5/c25-21(24-16-8-4-5-9-16)15-28-23(26)22-19(14-27-17-10-2-1-3-11-17)18-12-6-7-13-20(18)29-22/h1-3,6-7,10-13,16H,4-5,8-9,14-15H2,(H,24,25). The van der Waals surface area contributed by atoms with Crippen LogP contribution in [0.25, 0.3) is 11.0 Å². The highest BCUT2D eigenvalue weighted by molar-refractivity contribution is 5.96. The number of ether oxygens (including phenoxy) is 2. The summed E-state index contributed by atoms with van der Waals surface area (Å²) >= 11 is 0. The molecule has 0 spiro atoms. The molecule has 0 radical (unpaired) electrons. The average molecular weight is 393 g/mol. The van der Waals surface area contributed by atoms with Crippen molar-refractivity contribution in [1.82, 2.24) is 5.32 Å². The van der Waals surface area contributed by atoms with Crippen LogP contribution < -0.4 is 10.1 Å². The molecule has 6 nitrogen and oxygen atoms in total. The molecule has 150 valence electrons. The van der Waals surface area contributed by atoms with Crippen LogP contribution in [-0.4, -0.2) is 24.5 Å². The second-order valence-electron chi connectivity index (χ2n) is 7.13. The van der Waals surface area contributed by atoms with Crippen molar-refractivity contribution in [2.24, 2.45) is 0 Å². The largest absolute Gasteiger partial charge is 0.489 e. The number of esters is 1. The molecule has 1 aliphatic carbocycles. The van der Waals surface area contributed by atoms with Crippen LogP contribution in [-0.2, 0) is 16.1 Å². The third-order valence-corrected chi connectivity index (χ3v) is 5.06. The van der Waals surface area contributed by atoms with Crippen molar-refractivity contribution in [2.45, 2.75) is 38.3 Å². The maximum Gasteiger partial charge on any atom is 0.375 e. The van der Waals surface area contributed by atoms with Gasteiger partial charge in [-0.1, -0.05) is 49.2 Å². The Hall–Kier alpha value is -3.28. The Bertz CT molecular complexity index is 989. The van der Waals surface area contributed by atoms with Gasteiger partial charge < -0.3 is 19.2 Å². The van der Waals surface area contributed by atoms with Gasteiger partial charge in [-0.25, -0.2) is 4.79 Å². The molecular weight excluding hydrogens is 370 g/mol. The summed E-state index contributed by atoms with van der Waals surface area (Å²) in [6.45, 7) is -0.176. The van der Waals surface area contributed by atoms with Crippen LogP contribution in [0.2, 0.25) is 0 Å². The van der Waals surface area contributed by atoms with E-state index < -0.39 is 5.97 Å². The second-order valence-corrected chi connectivity index (χ2v) is 7.13. The topological polar surface area (TPSA) is 77.8 Å². The van der Waals surface area contributed by atoms with Crippen LogP contribution in [0.5, 0.6) is 5.75 Å². The first-order valence-corrected chi connectivity index (χ1v) is 9.85. The SMILES string of the molecule is O=C(COC(=O)c1oc2ccccc2c1COc1ccccc1)NC1CCCC1. The van der Waals surface area contributed by atoms with Gasteiger partial charge in [-0.3, -0.25) is 4.79 Å². The van der Waals surface area contributed by atoms with Crippen LogP contribution in [0.4, 0.5) is 0 Å². The minimum absolute atomic E-state index is 0.0656. The predicted molar refractivity (Wildman–Crippen MR) is 108 cm³/mol. The Morgan fingerprint density at radius 2 is 1.72 bits per heavy atom. The minimum Gasteiger partial charge on any atom is -0.489 e. The Morgan fingerprint density at radius 1 is 1.00 bits per heavy atom. The number of nitrogens with one attached hydrogen (secondary N) is 1. The first kappa shape index (κ1) is 19.1. The van der Waals surface area contributed by atoms with Crippen molar-refractivity contribution >= 4 is 22.8 Å². The quantitative estimate of drug-likeness (QED) is 0.608. The van der Waals surface area contributed by atoms with E-state index in [1.165, 1.54) is 0 Å². The van der Waals surface area contributed by atoms with E-state index in [0.717, 1.165) is 31.1 Å². The van der Waals surface area contributed by atoms with Crippen molar-refractivity contribution in [2.75, 3.05) is 6.61 Å². The summed E-state index contributed by atoms with van der Waals surface area (Å²) in [4.78, 5) is 24.7. The van der Waals surface area contributed by atoms with E-state index >= 15 is 0 Å². The number of rotatable bonds is 7. The summed E-state index contributed by atoms with van der Waals surface area (Å²) in [5, 5.41) is 3.69. The lowest BCUT2D eigenvalue weighted by Gasteiger charge is -2.12. The first-order chi connectivity index (χ1) is 14.2. The number of hydrogen-bond acceptors (Lipinski definition) is 5. The van der Waals surface area contributed by atoms with E-state index in [-0.39, 0.29) is 30.9 Å². The number of fused-ring (bicyclic) bond motifs is 1. The fraction of sp³-hybridized carbons (Fsp3) is 0.304. The molecule has 3 aromatic rings. The van der Waals surface area contributed by atoms with Crippen molar-refractivity contribution in [3.8, 4) is 5.75 Å². The summed E-state index contributed by atoms with van der Waals surface area (Å²) in [6.07, 6.45) is 4.19. The van der Waals surface area contributed by atoms with Crippen LogP contribution >= 0.6 is 0 Å². The highest BCUT2D eigenvalue weighted by atomic mass is 16.5. The molecule has 4 rings (SSSR count). The van der Waals surface area contributed by atoms with Gasteiger partial charge in [-0.05, 0) is 31.0 Å². The van der Waals surface area contributed by atoms with Gasteiger partial charge in [0.05, 0.1) is 5.56 Å². The molecule has 2 aromatic carbocycles. The number of carbonyl (C=O) groups is 2. The predicted octanol–water partition coefficient (Wildman–Crippen LogP) is 4.23. The first-order valence-electron chi connectivity index (χ1n) is 9.85. The zero-order valence-electron chi connectivity index (χ0n) is 16.1. The van der Waals surface area contributed by atoms with Crippen LogP contribution in [0.15, 0.2) is 59.0 Å². The van der Waals surface area contributed by atoms with Gasteiger partial charge in [0, 0.05) is 11.4 Å². The maximum atomic E-state index is 12.6. The fourth-order valence-corrected chi connectivity index (χ4v) is 3.62. The molecule has 1 saturated carbocycles. The lowest BCUT2D eigenvalue weighted by atomic mass is 10.1. The maximum absolute atomic E-state index is 12.6. The van der Waals surface area contributed by atoms with E-state index in [1.807, 2.05) is 48.5 Å². The van der Waals surface area contributed by atoms with Crippen molar-refractivity contribution < 1.29 is 23.5 Å². The van der Waals surface area contributed by atoms with Gasteiger partial charge in [0.25, 0.3) is 5.91 Å². The second kappa shape index (κ2) is 8.82. The number of carbonyl (C=O) groups excluding carboxylic acids is 2. The normalized spacial score (nSPS) is 14.1. The van der Waals surface area contributed by atoms with Gasteiger partial charge in [0.2, 0.25) is 5.76 Å². The molecule has 1 heterocycles. The Morgan fingerprint density at radius 3 is 2.52 bits per heavy atom. The van der Waals surface area contributed by atoms with E-state index in [2.05, 4.69) is 5.32 Å². The zero-order chi connectivity index (χ0) is 20.1. The number of furan rings is 1. The molecule has 0 saturated heterocycles. The molecule has 6 heteroatoms. The van der Waals surface area contributed by atoms with Gasteiger partial charge in [0.1, 0.15) is 17.9 Å². The molecule has 0 atom stereocenters. The Labute approximate surface area is 168 Å². The molecule has 1 aliphatic rings. The van der Waals surface area contributed by atoms with E-state index in [9.17, 15) is 9.59 Å². The summed E-state index contributed by atoms with van der Waals surface area (Å²) in [5.41, 5.74) is 1.17. The van der Waals surface area contributed by atoms with Gasteiger partial charge in [-0.2, -0.15) is 0 Å². The van der Waals surface area contributed by atoms with E-state index in [1.54, 1.807) is 6.07 Å². The molecule has 0 unspecified atom stereocenters. The number of amides is 1. The van der Waals surface area contributed by atoms with E-state index in [4.69, 9.17) is 13.9 Å². The monoisotopic (exact) mass is 393 g/mol. The number of hydrogen-bond donors (Lipinski definition) is 1. The lowest BCUT2D eigenvalue weighted by molar-refractivity contribution is -0.124. The van der Waals surface area contributed by atoms with Crippen molar-refractivity contribution in [3.63, 3.8) is 0 Å². The molecule has 1 fully saturated rings. The summed E-state index contributed by atoms with van der Waals surface area (Å²) < 4.78 is 16.8. The number of benzene rings is 2. The van der Waals surface area contributed by atoms with E-state index in [0.29, 0.717) is 16.9 Å². The lowest BCUT2D eigenvalue weighted by Crippen LogP contribution is -2.35. The third kappa shape index (κ3) is 4.59. The molecule has 0 aliphatic heterocycles. The van der Waals surface area contributed by atoms with Gasteiger partial charge >= 0.3 is 5.97 Å². The fourth-order valence-electron chi connectivity index (χ4n) is 3.62. The van der Waals surface area contributed by atoms with Crippen molar-refractivity contribution in [1.29, 1.82) is 0 Å². The smallest absolute Gasteiger partial charge is 0.375 e. The average Bonchev–Trinajstić information content (AvgIpc) is 3.39. The summed E-state index contributed by atoms with van der Waals surface area (Å²) in [6, 6.07) is 16.9. The minimum atomic E-state index is -0.672. The molecular formula is C23H23NO5. The summed E-state index contributed by atoms with van der Waals surface area (Å²) in [7, 11) is 0. The van der Waals surface area contributed by atoms with Crippen LogP contribution in [0.3, 0.4) is 0 Å². The highest BCUT2D eigenvalue weighted by Crippen LogP contribution is 2.28. The molecule has 1 N–H and O–H groups in total. The van der Waals surface area contributed by atoms with Gasteiger partial charge in [-0.15, -0.1) is 0 Å². The molecule has 29 heavy (non-hydrogen) atoms. The molecule has 1 amide bonds. The highest BCUT2D eigenvalue weighted by Gasteiger charge is 2.24.